The van der Waals surface area contributed by atoms with Gasteiger partial charge in [-0.25, -0.2) is 4.79 Å². The molecule has 3 aliphatic rings. The number of hydrogen-bond donors (Lipinski definition) is 1. The molecule has 2 aliphatic heterocycles. The zero-order valence-electron chi connectivity index (χ0n) is 22.6. The Morgan fingerprint density at radius 1 is 1.03 bits per heavy atom. The lowest BCUT2D eigenvalue weighted by Crippen LogP contribution is -2.62. The standard InChI is InChI=1S/C30H35Cl2N3O4/c1-19-4-7-22(8-5-19)39-28(38)34(3)30(18-33-17-23(30)21-6-9-24(31)25(32)16-21)26(36)20-10-14-35(15-11-20)27(37)29(2)12-13-29/h4-9,16,20,23,33H,10-15,17-18H2,1-3H3/t23-,30+/m0/s1. The summed E-state index contributed by atoms with van der Waals surface area (Å²) < 4.78 is 5.73. The molecule has 2 amide bonds. The van der Waals surface area contributed by atoms with Crippen molar-refractivity contribution >= 4 is 41.0 Å². The number of Topliss-reactive ketones (excluding diaryl/α,β-unsaturated/α-hetero) is 1. The Bertz CT molecular complexity index is 1270. The Balaban J connectivity index is 1.43. The van der Waals surface area contributed by atoms with E-state index in [4.69, 9.17) is 27.9 Å². The molecule has 9 heteroatoms. The molecule has 2 atom stereocenters. The van der Waals surface area contributed by atoms with E-state index in [1.165, 1.54) is 4.90 Å². The van der Waals surface area contributed by atoms with Gasteiger partial charge < -0.3 is 15.0 Å². The first kappa shape index (κ1) is 27.9. The van der Waals surface area contributed by atoms with Gasteiger partial charge in [0.2, 0.25) is 5.91 Å². The number of carbonyl (C=O) groups is 3. The highest BCUT2D eigenvalue weighted by atomic mass is 35.5. The van der Waals surface area contributed by atoms with E-state index in [0.29, 0.717) is 48.3 Å². The van der Waals surface area contributed by atoms with Gasteiger partial charge in [0, 0.05) is 50.5 Å². The van der Waals surface area contributed by atoms with Crippen molar-refractivity contribution in [2.75, 3.05) is 33.2 Å². The van der Waals surface area contributed by atoms with E-state index in [0.717, 1.165) is 24.0 Å². The number of nitrogens with one attached hydrogen (secondary N) is 1. The van der Waals surface area contributed by atoms with E-state index in [1.54, 1.807) is 31.3 Å². The van der Waals surface area contributed by atoms with E-state index in [9.17, 15) is 14.4 Å². The van der Waals surface area contributed by atoms with Crippen molar-refractivity contribution < 1.29 is 19.1 Å². The van der Waals surface area contributed by atoms with Crippen LogP contribution >= 0.6 is 23.2 Å². The highest BCUT2D eigenvalue weighted by molar-refractivity contribution is 6.42. The molecule has 0 spiro atoms. The number of nitrogens with zero attached hydrogens (tertiary/aromatic N) is 2. The number of benzene rings is 2. The molecule has 2 heterocycles. The van der Waals surface area contributed by atoms with Crippen molar-refractivity contribution in [3.05, 3.63) is 63.6 Å². The summed E-state index contributed by atoms with van der Waals surface area (Å²) in [5.74, 6) is -0.0616. The molecule has 3 fully saturated rings. The third-order valence-electron chi connectivity index (χ3n) is 8.86. The van der Waals surface area contributed by atoms with Crippen molar-refractivity contribution in [1.29, 1.82) is 0 Å². The first-order chi connectivity index (χ1) is 18.5. The molecule has 5 rings (SSSR count). The Labute approximate surface area is 239 Å². The number of amides is 2. The molecule has 2 saturated heterocycles. The first-order valence-electron chi connectivity index (χ1n) is 13.6. The molecule has 208 valence electrons. The van der Waals surface area contributed by atoms with Crippen LogP contribution in [0.15, 0.2) is 42.5 Å². The minimum Gasteiger partial charge on any atom is -0.410 e. The summed E-state index contributed by atoms with van der Waals surface area (Å²) in [6.07, 6.45) is 2.39. The summed E-state index contributed by atoms with van der Waals surface area (Å²) in [5.41, 5.74) is 0.451. The normalized spacial score (nSPS) is 24.3. The summed E-state index contributed by atoms with van der Waals surface area (Å²) in [5, 5.41) is 4.19. The number of ketones is 1. The van der Waals surface area contributed by atoms with E-state index in [2.05, 4.69) is 5.32 Å². The van der Waals surface area contributed by atoms with Gasteiger partial charge in [0.1, 0.15) is 11.3 Å². The fourth-order valence-electron chi connectivity index (χ4n) is 6.02. The highest BCUT2D eigenvalue weighted by Gasteiger charge is 2.57. The van der Waals surface area contributed by atoms with Gasteiger partial charge in [-0.2, -0.15) is 0 Å². The van der Waals surface area contributed by atoms with Crippen LogP contribution in [-0.4, -0.2) is 66.3 Å². The number of hydrogen-bond acceptors (Lipinski definition) is 5. The average Bonchev–Trinajstić information content (AvgIpc) is 3.53. The van der Waals surface area contributed by atoms with Crippen LogP contribution in [0.3, 0.4) is 0 Å². The highest BCUT2D eigenvalue weighted by Crippen LogP contribution is 2.47. The lowest BCUT2D eigenvalue weighted by atomic mass is 9.72. The van der Waals surface area contributed by atoms with Gasteiger partial charge >= 0.3 is 6.09 Å². The Morgan fingerprint density at radius 2 is 1.69 bits per heavy atom. The van der Waals surface area contributed by atoms with Crippen molar-refractivity contribution in [1.82, 2.24) is 15.1 Å². The van der Waals surface area contributed by atoms with Gasteiger partial charge in [-0.05, 0) is 62.4 Å². The van der Waals surface area contributed by atoms with Gasteiger partial charge in [-0.1, -0.05) is 53.9 Å². The fraction of sp³-hybridized carbons (Fsp3) is 0.500. The molecular weight excluding hydrogens is 537 g/mol. The van der Waals surface area contributed by atoms with Gasteiger partial charge in [0.05, 0.1) is 10.0 Å². The number of carbonyl (C=O) groups excluding carboxylic acids is 3. The van der Waals surface area contributed by atoms with Gasteiger partial charge in [0.25, 0.3) is 0 Å². The molecule has 39 heavy (non-hydrogen) atoms. The first-order valence-corrected chi connectivity index (χ1v) is 14.3. The zero-order valence-corrected chi connectivity index (χ0v) is 24.1. The van der Waals surface area contributed by atoms with Crippen LogP contribution in [-0.2, 0) is 9.59 Å². The van der Waals surface area contributed by atoms with Crippen molar-refractivity contribution in [2.24, 2.45) is 11.3 Å². The number of likely N-dealkylation sites (tertiary alicyclic amines) is 1. The van der Waals surface area contributed by atoms with Crippen molar-refractivity contribution in [2.45, 2.75) is 51.0 Å². The lowest BCUT2D eigenvalue weighted by Gasteiger charge is -2.44. The molecule has 0 unspecified atom stereocenters. The molecule has 0 radical (unpaired) electrons. The number of ether oxygens (including phenoxy) is 1. The molecule has 1 saturated carbocycles. The number of aryl methyl sites for hydroxylation is 1. The summed E-state index contributed by atoms with van der Waals surface area (Å²) in [6, 6.07) is 12.6. The minimum absolute atomic E-state index is 0.0170. The van der Waals surface area contributed by atoms with E-state index >= 15 is 0 Å². The molecule has 1 aliphatic carbocycles. The molecule has 2 aromatic carbocycles. The average molecular weight is 573 g/mol. The van der Waals surface area contributed by atoms with Crippen LogP contribution in [0.25, 0.3) is 0 Å². The van der Waals surface area contributed by atoms with Crippen LogP contribution < -0.4 is 10.1 Å². The van der Waals surface area contributed by atoms with Crippen LogP contribution in [0.4, 0.5) is 4.79 Å². The topological polar surface area (TPSA) is 79.0 Å². The largest absolute Gasteiger partial charge is 0.415 e. The third-order valence-corrected chi connectivity index (χ3v) is 9.60. The molecule has 1 N–H and O–H groups in total. The van der Waals surface area contributed by atoms with E-state index in [1.807, 2.05) is 36.9 Å². The Kier molecular flexibility index (Phi) is 7.70. The second-order valence-corrected chi connectivity index (χ2v) is 12.3. The van der Waals surface area contributed by atoms with Crippen molar-refractivity contribution in [3.8, 4) is 5.75 Å². The number of piperidine rings is 1. The van der Waals surface area contributed by atoms with Crippen LogP contribution in [0.5, 0.6) is 5.75 Å². The summed E-state index contributed by atoms with van der Waals surface area (Å²) in [6.45, 7) is 5.84. The van der Waals surface area contributed by atoms with E-state index in [-0.39, 0.29) is 35.5 Å². The van der Waals surface area contributed by atoms with Crippen LogP contribution in [0, 0.1) is 18.3 Å². The molecular formula is C30H35Cl2N3O4. The van der Waals surface area contributed by atoms with Crippen LogP contribution in [0.2, 0.25) is 10.0 Å². The summed E-state index contributed by atoms with van der Waals surface area (Å²) in [4.78, 5) is 44.4. The number of likely N-dealkylation sites (N-methyl/N-ethyl adjacent to an activating group) is 1. The van der Waals surface area contributed by atoms with Gasteiger partial charge in [-0.15, -0.1) is 0 Å². The second kappa shape index (κ2) is 10.8. The smallest absolute Gasteiger partial charge is 0.410 e. The maximum atomic E-state index is 14.5. The van der Waals surface area contributed by atoms with E-state index < -0.39 is 11.6 Å². The fourth-order valence-corrected chi connectivity index (χ4v) is 6.32. The Hall–Kier alpha value is -2.61. The quantitative estimate of drug-likeness (QED) is 0.497. The molecule has 2 aromatic rings. The predicted molar refractivity (Wildman–Crippen MR) is 151 cm³/mol. The zero-order chi connectivity index (χ0) is 27.9. The van der Waals surface area contributed by atoms with Crippen molar-refractivity contribution in [3.63, 3.8) is 0 Å². The number of rotatable bonds is 6. The lowest BCUT2D eigenvalue weighted by molar-refractivity contribution is -0.142. The maximum Gasteiger partial charge on any atom is 0.415 e. The Morgan fingerprint density at radius 3 is 2.31 bits per heavy atom. The number of halogens is 2. The summed E-state index contributed by atoms with van der Waals surface area (Å²) in [7, 11) is 1.64. The maximum absolute atomic E-state index is 14.5. The monoisotopic (exact) mass is 571 g/mol. The molecule has 0 aromatic heterocycles. The predicted octanol–water partition coefficient (Wildman–Crippen LogP) is 5.47. The van der Waals surface area contributed by atoms with Gasteiger partial charge in [-0.3, -0.25) is 14.5 Å². The summed E-state index contributed by atoms with van der Waals surface area (Å²) >= 11 is 12.6. The molecule has 0 bridgehead atoms. The second-order valence-electron chi connectivity index (χ2n) is 11.5. The third kappa shape index (κ3) is 5.29. The van der Waals surface area contributed by atoms with Gasteiger partial charge in [0.15, 0.2) is 5.78 Å². The molecule has 7 nitrogen and oxygen atoms in total. The SMILES string of the molecule is Cc1ccc(OC(=O)N(C)[C@]2(C(=O)C3CCN(C(=O)C4(C)CC4)CC3)CNC[C@H]2c2ccc(Cl)c(Cl)c2)cc1. The van der Waals surface area contributed by atoms with Crippen LogP contribution in [0.1, 0.15) is 49.7 Å². The minimum atomic E-state index is -1.20.